The molecule has 0 saturated carbocycles. The van der Waals surface area contributed by atoms with Gasteiger partial charge in [-0.3, -0.25) is 4.90 Å². The SMILES string of the molecule is Cc1c(C#N)cccc1[C@@H](C)Nc1nnc(C)c2cnc(N3C[C@H]4CC[C@@H]3CN4CCO)cc12. The van der Waals surface area contributed by atoms with Gasteiger partial charge in [0.05, 0.1) is 30.0 Å². The summed E-state index contributed by atoms with van der Waals surface area (Å²) in [4.78, 5) is 9.65. The Kier molecular flexibility index (Phi) is 6.07. The van der Waals surface area contributed by atoms with Crippen LogP contribution in [0, 0.1) is 25.2 Å². The third-order valence-electron chi connectivity index (χ3n) is 7.47. The van der Waals surface area contributed by atoms with Gasteiger partial charge in [-0.15, -0.1) is 5.10 Å². The molecule has 0 amide bonds. The van der Waals surface area contributed by atoms with E-state index < -0.39 is 0 Å². The lowest BCUT2D eigenvalue weighted by Gasteiger charge is -2.52. The van der Waals surface area contributed by atoms with Gasteiger partial charge >= 0.3 is 0 Å². The molecule has 3 aliphatic heterocycles. The summed E-state index contributed by atoms with van der Waals surface area (Å²) in [5.41, 5.74) is 3.59. The Labute approximate surface area is 200 Å². The summed E-state index contributed by atoms with van der Waals surface area (Å²) in [5, 5.41) is 33.2. The van der Waals surface area contributed by atoms with Gasteiger partial charge in [0.1, 0.15) is 5.82 Å². The van der Waals surface area contributed by atoms with Crippen molar-refractivity contribution in [2.24, 2.45) is 0 Å². The van der Waals surface area contributed by atoms with Gasteiger partial charge in [-0.1, -0.05) is 12.1 Å². The number of aryl methyl sites for hydroxylation is 1. The lowest BCUT2D eigenvalue weighted by Crippen LogP contribution is -2.63. The van der Waals surface area contributed by atoms with Gasteiger partial charge in [0.2, 0.25) is 0 Å². The molecule has 34 heavy (non-hydrogen) atoms. The standard InChI is InChI=1S/C26H31N7O/c1-16-19(12-27)5-4-6-22(16)17(2)29-26-23-11-25(28-13-24(23)18(3)30-31-26)33-15-20-7-8-21(33)14-32(20)9-10-34/h4-6,11,13,17,20-21,34H,7-10,14-15H2,1-3H3,(H,29,31)/t17-,20-,21-/m1/s1. The Bertz CT molecular complexity index is 1250. The van der Waals surface area contributed by atoms with Crippen molar-refractivity contribution in [3.8, 4) is 6.07 Å². The average Bonchev–Trinajstić information content (AvgIpc) is 2.86. The molecule has 0 radical (unpaired) electrons. The van der Waals surface area contributed by atoms with Crippen LogP contribution in [0.15, 0.2) is 30.5 Å². The van der Waals surface area contributed by atoms with Gasteiger partial charge in [0.15, 0.2) is 5.82 Å². The minimum Gasteiger partial charge on any atom is -0.395 e. The molecule has 176 valence electrons. The first-order valence-corrected chi connectivity index (χ1v) is 12.0. The number of piperidine rings is 2. The molecule has 0 unspecified atom stereocenters. The Balaban J connectivity index is 1.47. The molecular formula is C26H31N7O. The third kappa shape index (κ3) is 3.95. The van der Waals surface area contributed by atoms with E-state index in [0.717, 1.165) is 65.3 Å². The lowest BCUT2D eigenvalue weighted by atomic mass is 9.90. The number of aliphatic hydroxyl groups excluding tert-OH is 1. The fraction of sp³-hybridized carbons (Fsp3) is 0.462. The van der Waals surface area contributed by atoms with Crippen LogP contribution in [-0.4, -0.2) is 63.5 Å². The molecule has 5 heterocycles. The van der Waals surface area contributed by atoms with Crippen molar-refractivity contribution >= 4 is 22.4 Å². The van der Waals surface area contributed by atoms with E-state index in [0.29, 0.717) is 17.6 Å². The first-order chi connectivity index (χ1) is 16.5. The maximum absolute atomic E-state index is 9.41. The molecule has 0 aliphatic carbocycles. The van der Waals surface area contributed by atoms with E-state index in [9.17, 15) is 10.4 Å². The van der Waals surface area contributed by atoms with Crippen LogP contribution in [0.25, 0.3) is 10.8 Å². The number of rotatable bonds is 6. The van der Waals surface area contributed by atoms with Crippen molar-refractivity contribution in [2.75, 3.05) is 36.5 Å². The topological polar surface area (TPSA) is 101 Å². The highest BCUT2D eigenvalue weighted by atomic mass is 16.3. The van der Waals surface area contributed by atoms with E-state index in [2.05, 4.69) is 44.4 Å². The zero-order chi connectivity index (χ0) is 23.8. The highest BCUT2D eigenvalue weighted by Gasteiger charge is 2.39. The normalized spacial score (nSPS) is 21.0. The molecule has 8 nitrogen and oxygen atoms in total. The van der Waals surface area contributed by atoms with Gasteiger partial charge in [0.25, 0.3) is 0 Å². The van der Waals surface area contributed by atoms with Crippen LogP contribution in [-0.2, 0) is 0 Å². The molecule has 2 aromatic heterocycles. The number of aromatic nitrogens is 3. The second-order valence-electron chi connectivity index (χ2n) is 9.48. The van der Waals surface area contributed by atoms with Crippen LogP contribution in [0.4, 0.5) is 11.6 Å². The Hall–Kier alpha value is -3.28. The van der Waals surface area contributed by atoms with Crippen molar-refractivity contribution in [1.82, 2.24) is 20.1 Å². The number of nitrogens with zero attached hydrogens (tertiary/aromatic N) is 6. The number of benzene rings is 1. The average molecular weight is 458 g/mol. The summed E-state index contributed by atoms with van der Waals surface area (Å²) >= 11 is 0. The summed E-state index contributed by atoms with van der Waals surface area (Å²) in [6.07, 6.45) is 4.24. The molecule has 3 aromatic rings. The minimum absolute atomic E-state index is 0.0387. The maximum Gasteiger partial charge on any atom is 0.157 e. The summed E-state index contributed by atoms with van der Waals surface area (Å²) in [5.74, 6) is 1.69. The van der Waals surface area contributed by atoms with Crippen molar-refractivity contribution in [2.45, 2.75) is 51.7 Å². The molecule has 3 saturated heterocycles. The quantitative estimate of drug-likeness (QED) is 0.581. The highest BCUT2D eigenvalue weighted by molar-refractivity contribution is 5.94. The number of anilines is 2. The number of hydrogen-bond donors (Lipinski definition) is 2. The number of nitrogens with one attached hydrogen (secondary N) is 1. The number of nitriles is 1. The molecule has 0 spiro atoms. The molecule has 3 fully saturated rings. The van der Waals surface area contributed by atoms with Gasteiger partial charge in [-0.25, -0.2) is 4.98 Å². The molecular weight excluding hydrogens is 426 g/mol. The van der Waals surface area contributed by atoms with Crippen LogP contribution >= 0.6 is 0 Å². The zero-order valence-electron chi connectivity index (χ0n) is 20.0. The van der Waals surface area contributed by atoms with E-state index in [1.807, 2.05) is 38.2 Å². The van der Waals surface area contributed by atoms with Gasteiger partial charge < -0.3 is 15.3 Å². The maximum atomic E-state index is 9.41. The first kappa shape index (κ1) is 22.5. The second-order valence-corrected chi connectivity index (χ2v) is 9.48. The molecule has 3 atom stereocenters. The van der Waals surface area contributed by atoms with Crippen molar-refractivity contribution in [1.29, 1.82) is 5.26 Å². The van der Waals surface area contributed by atoms with E-state index in [-0.39, 0.29) is 12.6 Å². The number of piperazine rings is 1. The number of pyridine rings is 1. The predicted octanol–water partition coefficient (Wildman–Crippen LogP) is 3.33. The van der Waals surface area contributed by atoms with Crippen molar-refractivity contribution < 1.29 is 5.11 Å². The smallest absolute Gasteiger partial charge is 0.157 e. The largest absolute Gasteiger partial charge is 0.395 e. The monoisotopic (exact) mass is 457 g/mol. The summed E-state index contributed by atoms with van der Waals surface area (Å²) < 4.78 is 0. The van der Waals surface area contributed by atoms with Crippen LogP contribution < -0.4 is 10.2 Å². The lowest BCUT2D eigenvalue weighted by molar-refractivity contribution is 0.0762. The summed E-state index contributed by atoms with van der Waals surface area (Å²) in [6, 6.07) is 11.1. The zero-order valence-corrected chi connectivity index (χ0v) is 20.0. The van der Waals surface area contributed by atoms with E-state index in [4.69, 9.17) is 4.98 Å². The van der Waals surface area contributed by atoms with E-state index in [1.54, 1.807) is 0 Å². The number of fused-ring (bicyclic) bond motifs is 4. The predicted molar refractivity (Wildman–Crippen MR) is 133 cm³/mol. The molecule has 1 aromatic carbocycles. The summed E-state index contributed by atoms with van der Waals surface area (Å²) in [6.45, 7) is 8.87. The summed E-state index contributed by atoms with van der Waals surface area (Å²) in [7, 11) is 0. The van der Waals surface area contributed by atoms with Gasteiger partial charge in [-0.2, -0.15) is 10.4 Å². The van der Waals surface area contributed by atoms with Crippen molar-refractivity contribution in [3.63, 3.8) is 0 Å². The second kappa shape index (κ2) is 9.16. The fourth-order valence-electron chi connectivity index (χ4n) is 5.55. The number of hydrogen-bond acceptors (Lipinski definition) is 8. The molecule has 8 heteroatoms. The Morgan fingerprint density at radius 1 is 1.18 bits per heavy atom. The Morgan fingerprint density at radius 3 is 2.74 bits per heavy atom. The van der Waals surface area contributed by atoms with Gasteiger partial charge in [0, 0.05) is 48.7 Å². The molecule has 6 rings (SSSR count). The molecule has 2 bridgehead atoms. The van der Waals surface area contributed by atoms with Crippen LogP contribution in [0.1, 0.15) is 48.2 Å². The highest BCUT2D eigenvalue weighted by Crippen LogP contribution is 2.35. The van der Waals surface area contributed by atoms with Crippen LogP contribution in [0.3, 0.4) is 0 Å². The fourth-order valence-corrected chi connectivity index (χ4v) is 5.55. The minimum atomic E-state index is -0.0387. The third-order valence-corrected chi connectivity index (χ3v) is 7.47. The van der Waals surface area contributed by atoms with Crippen LogP contribution in [0.5, 0.6) is 0 Å². The first-order valence-electron chi connectivity index (χ1n) is 12.0. The van der Waals surface area contributed by atoms with E-state index >= 15 is 0 Å². The van der Waals surface area contributed by atoms with E-state index in [1.165, 1.54) is 6.42 Å². The Morgan fingerprint density at radius 2 is 2.00 bits per heavy atom. The number of aliphatic hydroxyl groups is 1. The molecule has 3 aliphatic rings. The van der Waals surface area contributed by atoms with Crippen molar-refractivity contribution in [3.05, 3.63) is 52.8 Å². The molecule has 2 N–H and O–H groups in total. The van der Waals surface area contributed by atoms with Gasteiger partial charge in [-0.05, 0) is 56.9 Å². The van der Waals surface area contributed by atoms with Crippen LogP contribution in [0.2, 0.25) is 0 Å².